The number of likely N-dealkylation sites (N-methyl/N-ethyl adjacent to an activating group) is 1. The van der Waals surface area contributed by atoms with E-state index < -0.39 is 21.7 Å². The van der Waals surface area contributed by atoms with Crippen LogP contribution < -0.4 is 14.8 Å². The van der Waals surface area contributed by atoms with Crippen molar-refractivity contribution in [3.8, 4) is 5.75 Å². The molecule has 1 aromatic rings. The van der Waals surface area contributed by atoms with E-state index in [0.29, 0.717) is 5.75 Å². The average Bonchev–Trinajstić information content (AvgIpc) is 2.35. The molecule has 0 radical (unpaired) electrons. The van der Waals surface area contributed by atoms with E-state index in [0.717, 1.165) is 0 Å². The first-order valence-electron chi connectivity index (χ1n) is 6.57. The molecule has 0 spiro atoms. The number of amides is 1. The molecule has 0 aromatic heterocycles. The summed E-state index contributed by atoms with van der Waals surface area (Å²) in [4.78, 5) is 11.5. The topological polar surface area (TPSA) is 84.5 Å². The van der Waals surface area contributed by atoms with Crippen LogP contribution in [0.4, 0.5) is 0 Å². The van der Waals surface area contributed by atoms with Gasteiger partial charge >= 0.3 is 0 Å². The molecule has 0 aliphatic carbocycles. The Bertz CT molecular complexity index is 588. The summed E-state index contributed by atoms with van der Waals surface area (Å²) in [5.41, 5.74) is -0.554. The van der Waals surface area contributed by atoms with Gasteiger partial charge in [-0.25, -0.2) is 13.1 Å². The van der Waals surface area contributed by atoms with Crippen LogP contribution in [0, 0.1) is 0 Å². The summed E-state index contributed by atoms with van der Waals surface area (Å²) >= 11 is 0. The van der Waals surface area contributed by atoms with Crippen LogP contribution in [0.25, 0.3) is 0 Å². The molecule has 1 amide bonds. The SMILES string of the molecule is CNC(=O)[C@H](C)Oc1ccc(S(=O)(=O)NC(C)(C)C)cc1. The van der Waals surface area contributed by atoms with Gasteiger partial charge in [0.05, 0.1) is 4.90 Å². The van der Waals surface area contributed by atoms with Crippen molar-refractivity contribution in [3.05, 3.63) is 24.3 Å². The second-order valence-corrected chi connectivity index (χ2v) is 7.38. The van der Waals surface area contributed by atoms with Gasteiger partial charge in [0.1, 0.15) is 5.75 Å². The minimum absolute atomic E-state index is 0.150. The number of ether oxygens (including phenoxy) is 1. The van der Waals surface area contributed by atoms with E-state index in [2.05, 4.69) is 10.0 Å². The minimum atomic E-state index is -3.57. The van der Waals surface area contributed by atoms with Crippen molar-refractivity contribution in [3.63, 3.8) is 0 Å². The number of rotatable bonds is 5. The Balaban J connectivity index is 2.86. The first-order chi connectivity index (χ1) is 9.55. The van der Waals surface area contributed by atoms with Crippen LogP contribution in [0.5, 0.6) is 5.75 Å². The number of benzene rings is 1. The highest BCUT2D eigenvalue weighted by molar-refractivity contribution is 7.89. The van der Waals surface area contributed by atoms with Gasteiger partial charge in [0.25, 0.3) is 5.91 Å². The molecule has 6 nitrogen and oxygen atoms in total. The number of nitrogens with one attached hydrogen (secondary N) is 2. The van der Waals surface area contributed by atoms with Crippen LogP contribution in [0.2, 0.25) is 0 Å². The second kappa shape index (κ2) is 6.44. The standard InChI is InChI=1S/C14H22N2O4S/c1-10(13(17)15-5)20-11-6-8-12(9-7-11)21(18,19)16-14(2,3)4/h6-10,16H,1-5H3,(H,15,17)/t10-/m0/s1. The van der Waals surface area contributed by atoms with Gasteiger partial charge in [-0.3, -0.25) is 4.79 Å². The summed E-state index contributed by atoms with van der Waals surface area (Å²) in [6.07, 6.45) is -0.648. The third-order valence-corrected chi connectivity index (χ3v) is 4.28. The van der Waals surface area contributed by atoms with Crippen molar-refractivity contribution < 1.29 is 17.9 Å². The fraction of sp³-hybridized carbons (Fsp3) is 0.500. The lowest BCUT2D eigenvalue weighted by Gasteiger charge is -2.20. The lowest BCUT2D eigenvalue weighted by Crippen LogP contribution is -2.40. The largest absolute Gasteiger partial charge is 0.481 e. The highest BCUT2D eigenvalue weighted by atomic mass is 32.2. The first-order valence-corrected chi connectivity index (χ1v) is 8.06. The van der Waals surface area contributed by atoms with Crippen LogP contribution >= 0.6 is 0 Å². The molecule has 0 fully saturated rings. The smallest absolute Gasteiger partial charge is 0.260 e. The summed E-state index contributed by atoms with van der Waals surface area (Å²) in [5.74, 6) is 0.182. The molecule has 0 aliphatic heterocycles. The van der Waals surface area contributed by atoms with Crippen molar-refractivity contribution in [1.29, 1.82) is 0 Å². The third kappa shape index (κ3) is 5.35. The van der Waals surface area contributed by atoms with Crippen LogP contribution in [0.1, 0.15) is 27.7 Å². The number of carbonyl (C=O) groups excluding carboxylic acids is 1. The van der Waals surface area contributed by atoms with Crippen LogP contribution in [-0.4, -0.2) is 33.0 Å². The zero-order chi connectivity index (χ0) is 16.3. The Morgan fingerprint density at radius 1 is 1.19 bits per heavy atom. The maximum Gasteiger partial charge on any atom is 0.260 e. The van der Waals surface area contributed by atoms with Crippen molar-refractivity contribution in [2.24, 2.45) is 0 Å². The average molecular weight is 314 g/mol. The number of hydrogen-bond acceptors (Lipinski definition) is 4. The fourth-order valence-corrected chi connectivity index (χ4v) is 3.04. The molecule has 0 saturated heterocycles. The fourth-order valence-electron chi connectivity index (χ4n) is 1.62. The van der Waals surface area contributed by atoms with Gasteiger partial charge in [0, 0.05) is 12.6 Å². The monoisotopic (exact) mass is 314 g/mol. The lowest BCUT2D eigenvalue weighted by molar-refractivity contribution is -0.126. The third-order valence-electron chi connectivity index (χ3n) is 2.50. The Morgan fingerprint density at radius 2 is 1.71 bits per heavy atom. The van der Waals surface area contributed by atoms with Gasteiger partial charge in [-0.15, -0.1) is 0 Å². The molecule has 1 atom stereocenters. The molecule has 118 valence electrons. The highest BCUT2D eigenvalue weighted by Gasteiger charge is 2.22. The summed E-state index contributed by atoms with van der Waals surface area (Å²) < 4.78 is 32.2. The molecule has 7 heteroatoms. The van der Waals surface area contributed by atoms with E-state index in [-0.39, 0.29) is 10.8 Å². The van der Waals surface area contributed by atoms with E-state index in [1.807, 2.05) is 0 Å². The molecule has 0 aliphatic rings. The van der Waals surface area contributed by atoms with E-state index >= 15 is 0 Å². The number of hydrogen-bond donors (Lipinski definition) is 2. The summed E-state index contributed by atoms with van der Waals surface area (Å²) in [6, 6.07) is 5.94. The predicted octanol–water partition coefficient (Wildman–Crippen LogP) is 1.28. The molecule has 0 bridgehead atoms. The zero-order valence-electron chi connectivity index (χ0n) is 12.9. The summed E-state index contributed by atoms with van der Waals surface area (Å²) in [5, 5.41) is 2.48. The Hall–Kier alpha value is -1.60. The van der Waals surface area contributed by atoms with Gasteiger partial charge in [0.2, 0.25) is 10.0 Å². The molecule has 1 aromatic carbocycles. The molecule has 0 unspecified atom stereocenters. The highest BCUT2D eigenvalue weighted by Crippen LogP contribution is 2.18. The van der Waals surface area contributed by atoms with Crippen molar-refractivity contribution >= 4 is 15.9 Å². The second-order valence-electron chi connectivity index (χ2n) is 5.70. The first kappa shape index (κ1) is 17.5. The van der Waals surface area contributed by atoms with Crippen LogP contribution in [0.3, 0.4) is 0 Å². The van der Waals surface area contributed by atoms with Crippen LogP contribution in [-0.2, 0) is 14.8 Å². The van der Waals surface area contributed by atoms with Crippen molar-refractivity contribution in [1.82, 2.24) is 10.0 Å². The van der Waals surface area contributed by atoms with Gasteiger partial charge in [-0.05, 0) is 52.0 Å². The maximum atomic E-state index is 12.1. The van der Waals surface area contributed by atoms with Crippen molar-refractivity contribution in [2.75, 3.05) is 7.05 Å². The molecule has 21 heavy (non-hydrogen) atoms. The summed E-state index contributed by atoms with van der Waals surface area (Å²) in [7, 11) is -2.05. The molecular formula is C14H22N2O4S. The number of sulfonamides is 1. The molecular weight excluding hydrogens is 292 g/mol. The van der Waals surface area contributed by atoms with Gasteiger partial charge in [-0.2, -0.15) is 0 Å². The molecule has 2 N–H and O–H groups in total. The summed E-state index contributed by atoms with van der Waals surface area (Å²) in [6.45, 7) is 6.93. The normalized spacial score (nSPS) is 13.6. The predicted molar refractivity (Wildman–Crippen MR) is 80.7 cm³/mol. The number of carbonyl (C=O) groups is 1. The minimum Gasteiger partial charge on any atom is -0.481 e. The van der Waals surface area contributed by atoms with E-state index in [1.165, 1.54) is 31.3 Å². The van der Waals surface area contributed by atoms with Crippen molar-refractivity contribution in [2.45, 2.75) is 44.2 Å². The maximum absolute atomic E-state index is 12.1. The lowest BCUT2D eigenvalue weighted by atomic mass is 10.1. The van der Waals surface area contributed by atoms with E-state index in [1.54, 1.807) is 27.7 Å². The quantitative estimate of drug-likeness (QED) is 0.857. The molecule has 1 rings (SSSR count). The van der Waals surface area contributed by atoms with Crippen LogP contribution in [0.15, 0.2) is 29.2 Å². The van der Waals surface area contributed by atoms with E-state index in [9.17, 15) is 13.2 Å². The van der Waals surface area contributed by atoms with E-state index in [4.69, 9.17) is 4.74 Å². The molecule has 0 heterocycles. The Labute approximate surface area is 125 Å². The van der Waals surface area contributed by atoms with Gasteiger partial charge < -0.3 is 10.1 Å². The van der Waals surface area contributed by atoms with Gasteiger partial charge in [-0.1, -0.05) is 0 Å². The molecule has 0 saturated carbocycles. The Kier molecular flexibility index (Phi) is 5.36. The zero-order valence-corrected chi connectivity index (χ0v) is 13.7. The Morgan fingerprint density at radius 3 is 2.14 bits per heavy atom. The van der Waals surface area contributed by atoms with Gasteiger partial charge in [0.15, 0.2) is 6.10 Å².